The molecule has 0 bridgehead atoms. The summed E-state index contributed by atoms with van der Waals surface area (Å²) in [4.78, 5) is 9.95. The molecular formula is C9H10ClNO4. The SMILES string of the molecule is O=[N+]([O-])c1cccc(OCOCCCl)c1. The van der Waals surface area contributed by atoms with Crippen LogP contribution in [-0.4, -0.2) is 24.2 Å². The van der Waals surface area contributed by atoms with E-state index in [4.69, 9.17) is 21.1 Å². The van der Waals surface area contributed by atoms with Crippen molar-refractivity contribution in [1.29, 1.82) is 0 Å². The molecule has 0 spiro atoms. The second-order valence-electron chi connectivity index (χ2n) is 2.61. The van der Waals surface area contributed by atoms with Crippen LogP contribution < -0.4 is 4.74 Å². The first-order valence-electron chi connectivity index (χ1n) is 4.25. The summed E-state index contributed by atoms with van der Waals surface area (Å²) >= 11 is 5.38. The van der Waals surface area contributed by atoms with E-state index < -0.39 is 4.92 Å². The lowest BCUT2D eigenvalue weighted by atomic mass is 10.3. The van der Waals surface area contributed by atoms with Gasteiger partial charge in [0.15, 0.2) is 6.79 Å². The summed E-state index contributed by atoms with van der Waals surface area (Å²) in [6.45, 7) is 0.421. The third-order valence-electron chi connectivity index (χ3n) is 1.56. The number of nitrogens with zero attached hydrogens (tertiary/aromatic N) is 1. The van der Waals surface area contributed by atoms with Crippen LogP contribution in [0.3, 0.4) is 0 Å². The number of halogens is 1. The van der Waals surface area contributed by atoms with Crippen LogP contribution in [-0.2, 0) is 4.74 Å². The van der Waals surface area contributed by atoms with Crippen molar-refractivity contribution in [1.82, 2.24) is 0 Å². The number of benzene rings is 1. The van der Waals surface area contributed by atoms with Gasteiger partial charge in [-0.15, -0.1) is 11.6 Å². The molecule has 1 aromatic carbocycles. The van der Waals surface area contributed by atoms with Gasteiger partial charge in [0.05, 0.1) is 17.6 Å². The van der Waals surface area contributed by atoms with Crippen LogP contribution in [0.2, 0.25) is 0 Å². The Kier molecular flexibility index (Phi) is 4.86. The standard InChI is InChI=1S/C9H10ClNO4/c10-4-5-14-7-15-9-3-1-2-8(6-9)11(12)13/h1-3,6H,4-5,7H2. The maximum atomic E-state index is 10.4. The molecule has 0 heterocycles. The van der Waals surface area contributed by atoms with Gasteiger partial charge >= 0.3 is 0 Å². The summed E-state index contributed by atoms with van der Waals surface area (Å²) in [5.41, 5.74) is -0.00940. The molecule has 0 aliphatic rings. The van der Waals surface area contributed by atoms with Crippen molar-refractivity contribution in [3.8, 4) is 5.75 Å². The van der Waals surface area contributed by atoms with Gasteiger partial charge in [0.25, 0.3) is 5.69 Å². The second kappa shape index (κ2) is 6.21. The lowest BCUT2D eigenvalue weighted by Gasteiger charge is -2.05. The molecule has 0 aliphatic carbocycles. The lowest BCUT2D eigenvalue weighted by molar-refractivity contribution is -0.385. The molecule has 1 aromatic rings. The van der Waals surface area contributed by atoms with Crippen molar-refractivity contribution in [2.75, 3.05) is 19.3 Å². The van der Waals surface area contributed by atoms with Gasteiger partial charge in [-0.25, -0.2) is 0 Å². The van der Waals surface area contributed by atoms with Crippen molar-refractivity contribution >= 4 is 17.3 Å². The first-order valence-corrected chi connectivity index (χ1v) is 4.78. The molecule has 0 aliphatic heterocycles. The van der Waals surface area contributed by atoms with Crippen LogP contribution in [0.1, 0.15) is 0 Å². The van der Waals surface area contributed by atoms with Crippen LogP contribution in [0, 0.1) is 10.1 Å². The fourth-order valence-corrected chi connectivity index (χ4v) is 1.02. The van der Waals surface area contributed by atoms with Crippen LogP contribution in [0.4, 0.5) is 5.69 Å². The Morgan fingerprint density at radius 2 is 2.27 bits per heavy atom. The lowest BCUT2D eigenvalue weighted by Crippen LogP contribution is -2.04. The zero-order chi connectivity index (χ0) is 11.1. The van der Waals surface area contributed by atoms with E-state index in [1.165, 1.54) is 12.1 Å². The zero-order valence-electron chi connectivity index (χ0n) is 7.89. The topological polar surface area (TPSA) is 61.6 Å². The van der Waals surface area contributed by atoms with Crippen LogP contribution in [0.5, 0.6) is 5.75 Å². The number of nitro groups is 1. The molecule has 0 atom stereocenters. The van der Waals surface area contributed by atoms with Crippen molar-refractivity contribution in [2.45, 2.75) is 0 Å². The molecule has 0 saturated carbocycles. The van der Waals surface area contributed by atoms with Gasteiger partial charge in [0, 0.05) is 11.9 Å². The van der Waals surface area contributed by atoms with Crippen LogP contribution in [0.15, 0.2) is 24.3 Å². The van der Waals surface area contributed by atoms with Crippen LogP contribution >= 0.6 is 11.6 Å². The quantitative estimate of drug-likeness (QED) is 0.248. The molecule has 15 heavy (non-hydrogen) atoms. The Hall–Kier alpha value is -1.33. The molecule has 82 valence electrons. The molecule has 0 N–H and O–H groups in total. The van der Waals surface area contributed by atoms with E-state index in [2.05, 4.69) is 0 Å². The van der Waals surface area contributed by atoms with Crippen molar-refractivity contribution < 1.29 is 14.4 Å². The molecule has 0 saturated heterocycles. The van der Waals surface area contributed by atoms with Crippen molar-refractivity contribution in [2.24, 2.45) is 0 Å². The molecule has 0 radical (unpaired) electrons. The maximum Gasteiger partial charge on any atom is 0.273 e. The predicted octanol–water partition coefficient (Wildman–Crippen LogP) is 2.19. The normalized spacial score (nSPS) is 9.93. The third-order valence-corrected chi connectivity index (χ3v) is 1.71. The monoisotopic (exact) mass is 231 g/mol. The van der Waals surface area contributed by atoms with Gasteiger partial charge in [-0.2, -0.15) is 0 Å². The molecular weight excluding hydrogens is 222 g/mol. The fourth-order valence-electron chi connectivity index (χ4n) is 0.910. The fraction of sp³-hybridized carbons (Fsp3) is 0.333. The summed E-state index contributed by atoms with van der Waals surface area (Å²) < 4.78 is 10.1. The van der Waals surface area contributed by atoms with E-state index in [1.807, 2.05) is 0 Å². The number of nitro benzene ring substituents is 1. The van der Waals surface area contributed by atoms with Crippen LogP contribution in [0.25, 0.3) is 0 Å². The first-order chi connectivity index (χ1) is 7.24. The maximum absolute atomic E-state index is 10.4. The Bertz CT molecular complexity index is 332. The molecule has 0 unspecified atom stereocenters. The van der Waals surface area contributed by atoms with E-state index >= 15 is 0 Å². The van der Waals surface area contributed by atoms with E-state index in [-0.39, 0.29) is 12.5 Å². The number of rotatable bonds is 6. The Labute approximate surface area is 91.7 Å². The van der Waals surface area contributed by atoms with Gasteiger partial charge in [-0.1, -0.05) is 6.07 Å². The highest BCUT2D eigenvalue weighted by Gasteiger charge is 2.05. The van der Waals surface area contributed by atoms with Crippen molar-refractivity contribution in [3.63, 3.8) is 0 Å². The largest absolute Gasteiger partial charge is 0.467 e. The summed E-state index contributed by atoms with van der Waals surface area (Å²) in [7, 11) is 0. The third kappa shape index (κ3) is 4.14. The average Bonchev–Trinajstić information content (AvgIpc) is 2.25. The molecule has 0 fully saturated rings. The smallest absolute Gasteiger partial charge is 0.273 e. The van der Waals surface area contributed by atoms with Gasteiger partial charge in [-0.3, -0.25) is 10.1 Å². The summed E-state index contributed by atoms with van der Waals surface area (Å²) in [6, 6.07) is 5.91. The molecule has 0 amide bonds. The Balaban J connectivity index is 2.47. The van der Waals surface area contributed by atoms with E-state index in [0.29, 0.717) is 18.2 Å². The van der Waals surface area contributed by atoms with Crippen molar-refractivity contribution in [3.05, 3.63) is 34.4 Å². The Morgan fingerprint density at radius 3 is 2.93 bits per heavy atom. The average molecular weight is 232 g/mol. The predicted molar refractivity (Wildman–Crippen MR) is 55.3 cm³/mol. The van der Waals surface area contributed by atoms with Gasteiger partial charge < -0.3 is 9.47 Å². The Morgan fingerprint density at radius 1 is 1.47 bits per heavy atom. The highest BCUT2D eigenvalue weighted by molar-refractivity contribution is 6.17. The number of non-ortho nitro benzene ring substituents is 1. The number of alkyl halides is 1. The second-order valence-corrected chi connectivity index (χ2v) is 2.99. The minimum Gasteiger partial charge on any atom is -0.467 e. The molecule has 6 heteroatoms. The highest BCUT2D eigenvalue weighted by Crippen LogP contribution is 2.18. The molecule has 1 rings (SSSR count). The summed E-state index contributed by atoms with van der Waals surface area (Å²) in [5, 5.41) is 10.4. The van der Waals surface area contributed by atoms with E-state index in [0.717, 1.165) is 0 Å². The van der Waals surface area contributed by atoms with E-state index in [1.54, 1.807) is 12.1 Å². The number of ether oxygens (including phenoxy) is 2. The highest BCUT2D eigenvalue weighted by atomic mass is 35.5. The number of hydrogen-bond acceptors (Lipinski definition) is 4. The molecule has 0 aromatic heterocycles. The van der Waals surface area contributed by atoms with E-state index in [9.17, 15) is 10.1 Å². The zero-order valence-corrected chi connectivity index (χ0v) is 8.64. The molecule has 5 nitrogen and oxygen atoms in total. The van der Waals surface area contributed by atoms with Gasteiger partial charge in [0.1, 0.15) is 5.75 Å². The summed E-state index contributed by atoms with van der Waals surface area (Å²) in [6.07, 6.45) is 0. The van der Waals surface area contributed by atoms with Gasteiger partial charge in [0.2, 0.25) is 0 Å². The minimum absolute atomic E-state index is 0.00940. The summed E-state index contributed by atoms with van der Waals surface area (Å²) in [5.74, 6) is 0.789. The first kappa shape index (κ1) is 11.7. The number of hydrogen-bond donors (Lipinski definition) is 0. The van der Waals surface area contributed by atoms with Gasteiger partial charge in [-0.05, 0) is 6.07 Å². The minimum atomic E-state index is -0.480.